The van der Waals surface area contributed by atoms with Crippen molar-refractivity contribution in [1.29, 1.82) is 0 Å². The lowest BCUT2D eigenvalue weighted by molar-refractivity contribution is -0.138. The maximum Gasteiger partial charge on any atom is 0.330 e. The summed E-state index contributed by atoms with van der Waals surface area (Å²) >= 11 is 1.18. The van der Waals surface area contributed by atoms with E-state index >= 15 is 0 Å². The number of esters is 2. The molecule has 0 aliphatic carbocycles. The Labute approximate surface area is 264 Å². The van der Waals surface area contributed by atoms with Crippen LogP contribution in [0.3, 0.4) is 0 Å². The number of hydrogen-bond donors (Lipinski definition) is 0. The van der Waals surface area contributed by atoms with Crippen molar-refractivity contribution in [2.45, 2.75) is 56.3 Å². The molecule has 232 valence electrons. The van der Waals surface area contributed by atoms with Gasteiger partial charge in [0.15, 0.2) is 0 Å². The van der Waals surface area contributed by atoms with E-state index in [1.807, 2.05) is 72.8 Å². The van der Waals surface area contributed by atoms with Crippen molar-refractivity contribution in [3.63, 3.8) is 0 Å². The summed E-state index contributed by atoms with van der Waals surface area (Å²) in [6.07, 6.45) is 8.91. The third-order valence-electron chi connectivity index (χ3n) is 6.57. The minimum Gasteiger partial charge on any atom is -0.494 e. The molecule has 3 aromatic rings. The van der Waals surface area contributed by atoms with Crippen LogP contribution >= 0.6 is 11.8 Å². The summed E-state index contributed by atoms with van der Waals surface area (Å²) in [6, 6.07) is 23.0. The van der Waals surface area contributed by atoms with E-state index in [1.165, 1.54) is 17.8 Å². The standard InChI is InChI=1S/C36H40O7S/c1-3-34(37)43-27-10-6-5-9-25-41-31-19-17-29(18-20-31)28-13-15-30(16-14-28)36(39)44-33-23-21-32(22-24-33)42-26-11-7-8-12-35(38)40-4-2/h3-4,13-24H,1-2,5-12,25-27H2. The van der Waals surface area contributed by atoms with Gasteiger partial charge in [-0.3, -0.25) is 9.59 Å². The Morgan fingerprint density at radius 2 is 1.16 bits per heavy atom. The first kappa shape index (κ1) is 34.2. The third-order valence-corrected chi connectivity index (χ3v) is 7.50. The van der Waals surface area contributed by atoms with Crippen LogP contribution in [0.1, 0.15) is 61.7 Å². The largest absolute Gasteiger partial charge is 0.494 e. The van der Waals surface area contributed by atoms with Crippen LogP contribution in [0.25, 0.3) is 11.1 Å². The van der Waals surface area contributed by atoms with Crippen molar-refractivity contribution < 1.29 is 33.3 Å². The molecule has 0 radical (unpaired) electrons. The molecule has 0 aromatic heterocycles. The molecule has 3 aromatic carbocycles. The lowest BCUT2D eigenvalue weighted by atomic mass is 10.0. The summed E-state index contributed by atoms with van der Waals surface area (Å²) in [6.45, 7) is 8.36. The highest BCUT2D eigenvalue weighted by atomic mass is 32.2. The van der Waals surface area contributed by atoms with E-state index in [-0.39, 0.29) is 17.1 Å². The molecular formula is C36H40O7S. The van der Waals surface area contributed by atoms with Gasteiger partial charge in [-0.15, -0.1) is 0 Å². The molecule has 44 heavy (non-hydrogen) atoms. The Morgan fingerprint density at radius 1 is 0.636 bits per heavy atom. The third kappa shape index (κ3) is 12.9. The van der Waals surface area contributed by atoms with Crippen LogP contribution in [-0.4, -0.2) is 36.9 Å². The second kappa shape index (κ2) is 19.8. The zero-order chi connectivity index (χ0) is 31.4. The minimum atomic E-state index is -0.378. The zero-order valence-corrected chi connectivity index (χ0v) is 25.9. The van der Waals surface area contributed by atoms with E-state index in [0.717, 1.165) is 78.7 Å². The van der Waals surface area contributed by atoms with Gasteiger partial charge in [0.2, 0.25) is 5.12 Å². The van der Waals surface area contributed by atoms with Crippen LogP contribution in [-0.2, 0) is 19.1 Å². The summed E-state index contributed by atoms with van der Waals surface area (Å²) in [5, 5.41) is -0.0262. The number of carbonyl (C=O) groups excluding carboxylic acids is 3. The lowest BCUT2D eigenvalue weighted by Gasteiger charge is -2.09. The van der Waals surface area contributed by atoms with E-state index in [1.54, 1.807) is 0 Å². The molecule has 0 N–H and O–H groups in total. The fourth-order valence-electron chi connectivity index (χ4n) is 4.18. The molecule has 0 aliphatic rings. The second-order valence-electron chi connectivity index (χ2n) is 9.91. The molecule has 0 saturated heterocycles. The van der Waals surface area contributed by atoms with Gasteiger partial charge in [-0.05, 0) is 116 Å². The Hall–Kier alpha value is -4.30. The van der Waals surface area contributed by atoms with E-state index in [2.05, 4.69) is 13.2 Å². The smallest absolute Gasteiger partial charge is 0.330 e. The molecule has 0 unspecified atom stereocenters. The maximum absolute atomic E-state index is 12.8. The molecule has 0 saturated carbocycles. The molecule has 7 nitrogen and oxygen atoms in total. The van der Waals surface area contributed by atoms with Crippen LogP contribution < -0.4 is 9.47 Å². The molecule has 0 aliphatic heterocycles. The van der Waals surface area contributed by atoms with Gasteiger partial charge < -0.3 is 18.9 Å². The van der Waals surface area contributed by atoms with E-state index < -0.39 is 0 Å². The monoisotopic (exact) mass is 616 g/mol. The molecule has 0 spiro atoms. The van der Waals surface area contributed by atoms with Crippen molar-refractivity contribution in [2.75, 3.05) is 19.8 Å². The lowest BCUT2D eigenvalue weighted by Crippen LogP contribution is -2.02. The van der Waals surface area contributed by atoms with Crippen LogP contribution in [0.5, 0.6) is 11.5 Å². The van der Waals surface area contributed by atoms with Crippen molar-refractivity contribution in [2.24, 2.45) is 0 Å². The summed E-state index contributed by atoms with van der Waals surface area (Å²) in [5.41, 5.74) is 2.70. The number of hydrogen-bond acceptors (Lipinski definition) is 8. The predicted octanol–water partition coefficient (Wildman–Crippen LogP) is 8.58. The first-order chi connectivity index (χ1) is 21.5. The first-order valence-corrected chi connectivity index (χ1v) is 15.7. The van der Waals surface area contributed by atoms with Gasteiger partial charge in [-0.25, -0.2) is 4.79 Å². The van der Waals surface area contributed by atoms with E-state index in [0.29, 0.717) is 31.8 Å². The number of benzene rings is 3. The second-order valence-corrected chi connectivity index (χ2v) is 11.0. The fraction of sp³-hybridized carbons (Fsp3) is 0.306. The average molecular weight is 617 g/mol. The molecule has 0 fully saturated rings. The van der Waals surface area contributed by atoms with Crippen molar-refractivity contribution >= 4 is 28.8 Å². The average Bonchev–Trinajstić information content (AvgIpc) is 3.05. The fourth-order valence-corrected chi connectivity index (χ4v) is 4.92. The van der Waals surface area contributed by atoms with Crippen LogP contribution in [0, 0.1) is 0 Å². The van der Waals surface area contributed by atoms with Crippen LogP contribution in [0.2, 0.25) is 0 Å². The highest BCUT2D eigenvalue weighted by Gasteiger charge is 2.10. The molecule has 8 heteroatoms. The number of rotatable bonds is 20. The van der Waals surface area contributed by atoms with Gasteiger partial charge in [0.25, 0.3) is 0 Å². The van der Waals surface area contributed by atoms with Gasteiger partial charge in [0.05, 0.1) is 26.1 Å². The van der Waals surface area contributed by atoms with Crippen molar-refractivity contribution in [3.05, 3.63) is 104 Å². The van der Waals surface area contributed by atoms with Crippen LogP contribution in [0.15, 0.2) is 103 Å². The number of unbranched alkanes of at least 4 members (excludes halogenated alkanes) is 5. The topological polar surface area (TPSA) is 88.1 Å². The molecule has 0 bridgehead atoms. The molecule has 0 heterocycles. The van der Waals surface area contributed by atoms with Gasteiger partial charge >= 0.3 is 11.9 Å². The van der Waals surface area contributed by atoms with Gasteiger partial charge in [-0.2, -0.15) is 0 Å². The van der Waals surface area contributed by atoms with Gasteiger partial charge in [0.1, 0.15) is 11.5 Å². The normalized spacial score (nSPS) is 10.5. The highest BCUT2D eigenvalue weighted by Crippen LogP contribution is 2.28. The number of ether oxygens (including phenoxy) is 4. The van der Waals surface area contributed by atoms with Crippen molar-refractivity contribution in [3.8, 4) is 22.6 Å². The molecule has 0 amide bonds. The Morgan fingerprint density at radius 3 is 1.73 bits per heavy atom. The van der Waals surface area contributed by atoms with E-state index in [4.69, 9.17) is 18.9 Å². The Balaban J connectivity index is 1.34. The minimum absolute atomic E-state index is 0.0262. The summed E-state index contributed by atoms with van der Waals surface area (Å²) in [5.74, 6) is 0.918. The molecular weight excluding hydrogens is 576 g/mol. The number of carbonyl (C=O) groups is 3. The van der Waals surface area contributed by atoms with Crippen LogP contribution in [0.4, 0.5) is 0 Å². The molecule has 0 atom stereocenters. The first-order valence-electron chi connectivity index (χ1n) is 14.9. The van der Waals surface area contributed by atoms with Gasteiger partial charge in [0, 0.05) is 23.0 Å². The number of thioether (sulfide) groups is 1. The Kier molecular flexibility index (Phi) is 15.4. The highest BCUT2D eigenvalue weighted by molar-refractivity contribution is 8.14. The van der Waals surface area contributed by atoms with E-state index in [9.17, 15) is 14.4 Å². The predicted molar refractivity (Wildman–Crippen MR) is 174 cm³/mol. The summed E-state index contributed by atoms with van der Waals surface area (Å²) in [4.78, 5) is 36.0. The van der Waals surface area contributed by atoms with Gasteiger partial charge in [-0.1, -0.05) is 37.4 Å². The SMILES string of the molecule is C=COC(=O)CCCCCOc1ccc(SC(=O)c2ccc(-c3ccc(OCCCCCCOC(=O)C=C)cc3)cc2)cc1. The van der Waals surface area contributed by atoms with Crippen molar-refractivity contribution in [1.82, 2.24) is 0 Å². The summed E-state index contributed by atoms with van der Waals surface area (Å²) < 4.78 is 21.3. The molecule has 3 rings (SSSR count). The Bertz CT molecular complexity index is 1330. The maximum atomic E-state index is 12.8. The quantitative estimate of drug-likeness (QED) is 0.0410. The summed E-state index contributed by atoms with van der Waals surface area (Å²) in [7, 11) is 0. The zero-order valence-electron chi connectivity index (χ0n) is 25.0.